The van der Waals surface area contributed by atoms with Gasteiger partial charge in [0.1, 0.15) is 0 Å². The smallest absolute Gasteiger partial charge is 0.335 e. The van der Waals surface area contributed by atoms with Gasteiger partial charge in [-0.25, -0.2) is 9.59 Å². The third-order valence-electron chi connectivity index (χ3n) is 2.85. The Balaban J connectivity index is 2.15. The van der Waals surface area contributed by atoms with Gasteiger partial charge in [-0.05, 0) is 52.7 Å². The molecular formula is C15H13BrN2O3. The van der Waals surface area contributed by atoms with Crippen molar-refractivity contribution in [3.05, 3.63) is 58.1 Å². The van der Waals surface area contributed by atoms with E-state index in [0.717, 1.165) is 5.56 Å². The van der Waals surface area contributed by atoms with E-state index in [0.29, 0.717) is 15.8 Å². The molecule has 0 atom stereocenters. The molecule has 0 saturated carbocycles. The molecule has 6 heteroatoms. The van der Waals surface area contributed by atoms with Gasteiger partial charge >= 0.3 is 12.0 Å². The standard InChI is InChI=1S/C15H13BrN2O3/c1-9-4-2-3-5-12(9)17-15(21)18-13-8-10(14(19)20)6-7-11(13)16/h2-8H,1H3,(H,19,20)(H2,17,18,21). The lowest BCUT2D eigenvalue weighted by atomic mass is 10.2. The largest absolute Gasteiger partial charge is 0.478 e. The zero-order valence-electron chi connectivity index (χ0n) is 11.2. The van der Waals surface area contributed by atoms with E-state index in [1.165, 1.54) is 12.1 Å². The van der Waals surface area contributed by atoms with Crippen LogP contribution in [0.3, 0.4) is 0 Å². The molecule has 0 fully saturated rings. The summed E-state index contributed by atoms with van der Waals surface area (Å²) in [6, 6.07) is 11.4. The second kappa shape index (κ2) is 6.41. The number of aryl methyl sites for hydroxylation is 1. The molecule has 0 heterocycles. The lowest BCUT2D eigenvalue weighted by molar-refractivity contribution is 0.0697. The van der Waals surface area contributed by atoms with Gasteiger partial charge in [-0.2, -0.15) is 0 Å². The molecule has 0 saturated heterocycles. The van der Waals surface area contributed by atoms with E-state index >= 15 is 0 Å². The van der Waals surface area contributed by atoms with Crippen molar-refractivity contribution >= 4 is 39.3 Å². The number of urea groups is 1. The number of amides is 2. The molecule has 21 heavy (non-hydrogen) atoms. The summed E-state index contributed by atoms with van der Waals surface area (Å²) < 4.78 is 0.604. The predicted molar refractivity (Wildman–Crippen MR) is 84.9 cm³/mol. The molecule has 0 spiro atoms. The van der Waals surface area contributed by atoms with Crippen molar-refractivity contribution in [1.29, 1.82) is 0 Å². The Morgan fingerprint density at radius 3 is 2.38 bits per heavy atom. The van der Waals surface area contributed by atoms with Crippen molar-refractivity contribution < 1.29 is 14.7 Å². The lowest BCUT2D eigenvalue weighted by Gasteiger charge is -2.11. The van der Waals surface area contributed by atoms with Crippen molar-refractivity contribution in [3.63, 3.8) is 0 Å². The molecule has 2 aromatic carbocycles. The number of carboxylic acids is 1. The van der Waals surface area contributed by atoms with Crippen LogP contribution in [0.2, 0.25) is 0 Å². The minimum absolute atomic E-state index is 0.101. The van der Waals surface area contributed by atoms with E-state index in [-0.39, 0.29) is 5.56 Å². The van der Waals surface area contributed by atoms with Crippen molar-refractivity contribution in [1.82, 2.24) is 0 Å². The average molecular weight is 349 g/mol. The third kappa shape index (κ3) is 3.82. The number of rotatable bonds is 3. The second-order valence-electron chi connectivity index (χ2n) is 4.39. The van der Waals surface area contributed by atoms with Gasteiger partial charge < -0.3 is 15.7 Å². The molecule has 0 unspecified atom stereocenters. The van der Waals surface area contributed by atoms with Crippen LogP contribution in [0, 0.1) is 6.92 Å². The first-order valence-electron chi connectivity index (χ1n) is 6.14. The summed E-state index contributed by atoms with van der Waals surface area (Å²) in [4.78, 5) is 22.9. The summed E-state index contributed by atoms with van der Waals surface area (Å²) in [5.74, 6) is -1.05. The van der Waals surface area contributed by atoms with Crippen LogP contribution >= 0.6 is 15.9 Å². The summed E-state index contributed by atoms with van der Waals surface area (Å²) in [7, 11) is 0. The molecule has 0 bridgehead atoms. The van der Waals surface area contributed by atoms with E-state index in [1.807, 2.05) is 25.1 Å². The highest BCUT2D eigenvalue weighted by molar-refractivity contribution is 9.10. The molecule has 2 rings (SSSR count). The fourth-order valence-corrected chi connectivity index (χ4v) is 2.09. The Morgan fingerprint density at radius 1 is 1.05 bits per heavy atom. The first kappa shape index (κ1) is 15.1. The van der Waals surface area contributed by atoms with E-state index in [2.05, 4.69) is 26.6 Å². The van der Waals surface area contributed by atoms with Crippen molar-refractivity contribution in [2.24, 2.45) is 0 Å². The number of carbonyl (C=O) groups excluding carboxylic acids is 1. The van der Waals surface area contributed by atoms with Crippen LogP contribution in [0.15, 0.2) is 46.9 Å². The minimum Gasteiger partial charge on any atom is -0.478 e. The summed E-state index contributed by atoms with van der Waals surface area (Å²) in [6.07, 6.45) is 0. The minimum atomic E-state index is -1.05. The first-order chi connectivity index (χ1) is 9.97. The average Bonchev–Trinajstić information content (AvgIpc) is 2.43. The first-order valence-corrected chi connectivity index (χ1v) is 6.93. The molecule has 0 aliphatic heterocycles. The highest BCUT2D eigenvalue weighted by atomic mass is 79.9. The van der Waals surface area contributed by atoms with Crippen LogP contribution in [0.4, 0.5) is 16.2 Å². The topological polar surface area (TPSA) is 78.4 Å². The Hall–Kier alpha value is -2.34. The predicted octanol–water partition coefficient (Wildman–Crippen LogP) is 4.10. The van der Waals surface area contributed by atoms with Crippen LogP contribution in [-0.2, 0) is 0 Å². The van der Waals surface area contributed by atoms with E-state index in [1.54, 1.807) is 12.1 Å². The molecule has 5 nitrogen and oxygen atoms in total. The number of halogens is 1. The number of benzene rings is 2. The summed E-state index contributed by atoms with van der Waals surface area (Å²) in [6.45, 7) is 1.89. The Morgan fingerprint density at radius 2 is 1.71 bits per heavy atom. The van der Waals surface area contributed by atoms with Gasteiger partial charge in [-0.3, -0.25) is 0 Å². The molecular weight excluding hydrogens is 336 g/mol. The van der Waals surface area contributed by atoms with E-state index in [4.69, 9.17) is 5.11 Å². The van der Waals surface area contributed by atoms with Crippen molar-refractivity contribution in [2.45, 2.75) is 6.92 Å². The maximum absolute atomic E-state index is 12.0. The number of hydrogen-bond donors (Lipinski definition) is 3. The lowest BCUT2D eigenvalue weighted by Crippen LogP contribution is -2.20. The monoisotopic (exact) mass is 348 g/mol. The van der Waals surface area contributed by atoms with Crippen molar-refractivity contribution in [3.8, 4) is 0 Å². The van der Waals surface area contributed by atoms with E-state index < -0.39 is 12.0 Å². The van der Waals surface area contributed by atoms with Crippen LogP contribution in [0.25, 0.3) is 0 Å². The normalized spacial score (nSPS) is 10.0. The fourth-order valence-electron chi connectivity index (χ4n) is 1.74. The van der Waals surface area contributed by atoms with Crippen LogP contribution in [0.5, 0.6) is 0 Å². The second-order valence-corrected chi connectivity index (χ2v) is 5.25. The molecule has 108 valence electrons. The van der Waals surface area contributed by atoms with E-state index in [9.17, 15) is 9.59 Å². The molecule has 2 aromatic rings. The number of carbonyl (C=O) groups is 2. The zero-order valence-corrected chi connectivity index (χ0v) is 12.8. The maximum atomic E-state index is 12.0. The number of carboxylic acid groups (broad SMARTS) is 1. The maximum Gasteiger partial charge on any atom is 0.335 e. The highest BCUT2D eigenvalue weighted by Gasteiger charge is 2.10. The number of nitrogens with one attached hydrogen (secondary N) is 2. The molecule has 2 amide bonds. The fraction of sp³-hybridized carbons (Fsp3) is 0.0667. The van der Waals surface area contributed by atoms with Gasteiger partial charge in [0.15, 0.2) is 0 Å². The molecule has 0 radical (unpaired) electrons. The molecule has 0 aromatic heterocycles. The van der Waals surface area contributed by atoms with Crippen LogP contribution in [-0.4, -0.2) is 17.1 Å². The Labute approximate surface area is 130 Å². The summed E-state index contributed by atoms with van der Waals surface area (Å²) >= 11 is 3.27. The quantitative estimate of drug-likeness (QED) is 0.781. The molecule has 0 aliphatic rings. The number of hydrogen-bond acceptors (Lipinski definition) is 2. The molecule has 3 N–H and O–H groups in total. The van der Waals surface area contributed by atoms with Gasteiger partial charge in [0.05, 0.1) is 11.3 Å². The molecule has 0 aliphatic carbocycles. The van der Waals surface area contributed by atoms with Crippen molar-refractivity contribution in [2.75, 3.05) is 10.6 Å². The van der Waals surface area contributed by atoms with Gasteiger partial charge in [0, 0.05) is 10.2 Å². The SMILES string of the molecule is Cc1ccccc1NC(=O)Nc1cc(C(=O)O)ccc1Br. The highest BCUT2D eigenvalue weighted by Crippen LogP contribution is 2.24. The van der Waals surface area contributed by atoms with Crippen LogP contribution in [0.1, 0.15) is 15.9 Å². The summed E-state index contributed by atoms with van der Waals surface area (Å²) in [5.41, 5.74) is 2.12. The Kier molecular flexibility index (Phi) is 4.59. The number of anilines is 2. The van der Waals surface area contributed by atoms with Crippen LogP contribution < -0.4 is 10.6 Å². The van der Waals surface area contributed by atoms with Gasteiger partial charge in [-0.15, -0.1) is 0 Å². The zero-order chi connectivity index (χ0) is 15.4. The summed E-state index contributed by atoms with van der Waals surface area (Å²) in [5, 5.41) is 14.3. The Bertz CT molecular complexity index is 701. The van der Waals surface area contributed by atoms with Gasteiger partial charge in [-0.1, -0.05) is 18.2 Å². The third-order valence-corrected chi connectivity index (χ3v) is 3.55. The van der Waals surface area contributed by atoms with Gasteiger partial charge in [0.25, 0.3) is 0 Å². The van der Waals surface area contributed by atoms with Gasteiger partial charge in [0.2, 0.25) is 0 Å². The number of aromatic carboxylic acids is 1. The number of para-hydroxylation sites is 1.